The molecule has 12 rings (SSSR count). The molecule has 0 aromatic heterocycles. The van der Waals surface area contributed by atoms with E-state index in [1.165, 1.54) is 94.3 Å². The quantitative estimate of drug-likeness (QED) is 0.155. The minimum atomic E-state index is -0.522. The van der Waals surface area contributed by atoms with Crippen molar-refractivity contribution in [3.8, 4) is 44.5 Å². The molecule has 0 amide bonds. The van der Waals surface area contributed by atoms with Crippen molar-refractivity contribution in [3.05, 3.63) is 270 Å². The van der Waals surface area contributed by atoms with E-state index in [1.54, 1.807) is 0 Å². The van der Waals surface area contributed by atoms with Crippen LogP contribution in [0.15, 0.2) is 237 Å². The van der Waals surface area contributed by atoms with E-state index in [2.05, 4.69) is 255 Å². The zero-order chi connectivity index (χ0) is 42.1. The average Bonchev–Trinajstić information content (AvgIpc) is 3.79. The summed E-state index contributed by atoms with van der Waals surface area (Å²) in [5.41, 5.74) is 20.5. The molecule has 0 bridgehead atoms. The number of nitrogens with zero attached hydrogens (tertiary/aromatic N) is 1. The van der Waals surface area contributed by atoms with E-state index < -0.39 is 5.41 Å². The van der Waals surface area contributed by atoms with Crippen molar-refractivity contribution in [1.82, 2.24) is 0 Å². The highest BCUT2D eigenvalue weighted by molar-refractivity contribution is 6.08. The summed E-state index contributed by atoms with van der Waals surface area (Å²) in [5, 5.41) is 2.55. The highest BCUT2D eigenvalue weighted by Crippen LogP contribution is 2.62. The van der Waals surface area contributed by atoms with Gasteiger partial charge in [0.2, 0.25) is 0 Å². The molecule has 0 saturated carbocycles. The molecule has 1 nitrogen and oxygen atoms in total. The lowest BCUT2D eigenvalue weighted by Gasteiger charge is -2.35. The molecule has 2 aliphatic rings. The fourth-order valence-corrected chi connectivity index (χ4v) is 11.2. The molecular weight excluding hydrogens is 759 g/mol. The van der Waals surface area contributed by atoms with Crippen molar-refractivity contribution in [3.63, 3.8) is 0 Å². The van der Waals surface area contributed by atoms with Crippen LogP contribution in [-0.4, -0.2) is 0 Å². The van der Waals surface area contributed by atoms with Crippen molar-refractivity contribution in [2.24, 2.45) is 0 Å². The highest BCUT2D eigenvalue weighted by atomic mass is 15.1. The number of benzene rings is 10. The van der Waals surface area contributed by atoms with E-state index in [4.69, 9.17) is 0 Å². The molecule has 0 spiro atoms. The Hall–Kier alpha value is -7.74. The Balaban J connectivity index is 1.14. The third kappa shape index (κ3) is 5.56. The molecule has 0 atom stereocenters. The standard InChI is InChI=1S/C62H45N/c1-61(2)53-29-16-14-27-51(53)59-57(41-46-21-12-13-26-50(46)60(59)61)63(49-39-37-45(38-40-49)44-35-33-43(34-36-44)42-19-6-3-7-20-42)56-32-18-31-55-58(56)52-28-15-17-30-54(52)62(55,47-22-8-4-9-23-47)48-24-10-5-11-25-48/h3-41H,1-2H3. The van der Waals surface area contributed by atoms with Crippen LogP contribution in [0.3, 0.4) is 0 Å². The van der Waals surface area contributed by atoms with Gasteiger partial charge in [-0.05, 0) is 102 Å². The molecule has 1 heteroatoms. The predicted molar refractivity (Wildman–Crippen MR) is 264 cm³/mol. The molecule has 298 valence electrons. The lowest BCUT2D eigenvalue weighted by molar-refractivity contribution is 0.666. The normalized spacial score (nSPS) is 13.8. The Morgan fingerprint density at radius 1 is 0.349 bits per heavy atom. The zero-order valence-corrected chi connectivity index (χ0v) is 35.5. The molecular formula is C62H45N. The number of hydrogen-bond donors (Lipinski definition) is 0. The first-order valence-electron chi connectivity index (χ1n) is 22.1. The van der Waals surface area contributed by atoms with Crippen LogP contribution >= 0.6 is 0 Å². The van der Waals surface area contributed by atoms with Gasteiger partial charge in [0, 0.05) is 22.2 Å². The van der Waals surface area contributed by atoms with Gasteiger partial charge < -0.3 is 4.90 Å². The minimum absolute atomic E-state index is 0.204. The predicted octanol–water partition coefficient (Wildman–Crippen LogP) is 16.3. The van der Waals surface area contributed by atoms with E-state index in [1.807, 2.05) is 0 Å². The lowest BCUT2D eigenvalue weighted by atomic mass is 9.68. The maximum Gasteiger partial charge on any atom is 0.0714 e. The second kappa shape index (κ2) is 14.4. The number of rotatable bonds is 7. The first-order valence-corrected chi connectivity index (χ1v) is 22.1. The van der Waals surface area contributed by atoms with Crippen LogP contribution in [0.4, 0.5) is 17.1 Å². The molecule has 0 saturated heterocycles. The van der Waals surface area contributed by atoms with Gasteiger partial charge in [-0.3, -0.25) is 0 Å². The van der Waals surface area contributed by atoms with Crippen molar-refractivity contribution in [2.75, 3.05) is 4.90 Å². The first-order chi connectivity index (χ1) is 31.0. The number of anilines is 3. The maximum atomic E-state index is 2.58. The van der Waals surface area contributed by atoms with Gasteiger partial charge in [0.15, 0.2) is 0 Å². The molecule has 63 heavy (non-hydrogen) atoms. The van der Waals surface area contributed by atoms with Gasteiger partial charge in [0.05, 0.1) is 16.8 Å². The van der Waals surface area contributed by atoms with Gasteiger partial charge in [0.25, 0.3) is 0 Å². The first kappa shape index (κ1) is 37.1. The molecule has 10 aromatic rings. The summed E-state index contributed by atoms with van der Waals surface area (Å²) in [7, 11) is 0. The van der Waals surface area contributed by atoms with Gasteiger partial charge in [-0.25, -0.2) is 0 Å². The van der Waals surface area contributed by atoms with Crippen LogP contribution in [-0.2, 0) is 10.8 Å². The van der Waals surface area contributed by atoms with Crippen molar-refractivity contribution in [2.45, 2.75) is 24.7 Å². The molecule has 10 aromatic carbocycles. The third-order valence-corrected chi connectivity index (χ3v) is 13.9. The summed E-state index contributed by atoms with van der Waals surface area (Å²) >= 11 is 0. The monoisotopic (exact) mass is 803 g/mol. The van der Waals surface area contributed by atoms with Crippen LogP contribution in [0.2, 0.25) is 0 Å². The van der Waals surface area contributed by atoms with Gasteiger partial charge in [0.1, 0.15) is 0 Å². The summed E-state index contributed by atoms with van der Waals surface area (Å²) in [5.74, 6) is 0. The fraction of sp³-hybridized carbons (Fsp3) is 0.0645. The summed E-state index contributed by atoms with van der Waals surface area (Å²) in [6.45, 7) is 4.81. The Morgan fingerprint density at radius 3 is 1.46 bits per heavy atom. The van der Waals surface area contributed by atoms with Crippen LogP contribution in [0, 0.1) is 0 Å². The van der Waals surface area contributed by atoms with Crippen LogP contribution in [0.1, 0.15) is 47.2 Å². The number of hydrogen-bond acceptors (Lipinski definition) is 1. The van der Waals surface area contributed by atoms with Gasteiger partial charge in [-0.2, -0.15) is 0 Å². The molecule has 0 unspecified atom stereocenters. The van der Waals surface area contributed by atoms with Crippen LogP contribution < -0.4 is 4.90 Å². The molecule has 0 radical (unpaired) electrons. The minimum Gasteiger partial charge on any atom is -0.309 e. The number of fused-ring (bicyclic) bond motifs is 8. The zero-order valence-electron chi connectivity index (χ0n) is 35.5. The van der Waals surface area contributed by atoms with E-state index in [9.17, 15) is 0 Å². The third-order valence-electron chi connectivity index (χ3n) is 13.9. The Morgan fingerprint density at radius 2 is 0.825 bits per heavy atom. The van der Waals surface area contributed by atoms with Crippen LogP contribution in [0.5, 0.6) is 0 Å². The molecule has 2 aliphatic carbocycles. The summed E-state index contributed by atoms with van der Waals surface area (Å²) in [6, 6.07) is 87.7. The Labute approximate surface area is 370 Å². The molecule has 0 heterocycles. The fourth-order valence-electron chi connectivity index (χ4n) is 11.2. The van der Waals surface area contributed by atoms with Crippen LogP contribution in [0.25, 0.3) is 55.3 Å². The largest absolute Gasteiger partial charge is 0.309 e. The van der Waals surface area contributed by atoms with Gasteiger partial charge in [-0.1, -0.05) is 226 Å². The Kier molecular flexibility index (Phi) is 8.49. The molecule has 0 N–H and O–H groups in total. The summed E-state index contributed by atoms with van der Waals surface area (Å²) in [6.07, 6.45) is 0. The topological polar surface area (TPSA) is 3.24 Å². The van der Waals surface area contributed by atoms with E-state index in [0.29, 0.717) is 0 Å². The maximum absolute atomic E-state index is 2.58. The van der Waals surface area contributed by atoms with Gasteiger partial charge in [-0.15, -0.1) is 0 Å². The second-order valence-corrected chi connectivity index (χ2v) is 17.6. The lowest BCUT2D eigenvalue weighted by Crippen LogP contribution is -2.28. The second-order valence-electron chi connectivity index (χ2n) is 17.6. The molecule has 0 fully saturated rings. The van der Waals surface area contributed by atoms with Crippen molar-refractivity contribution >= 4 is 27.8 Å². The SMILES string of the molecule is CC1(C)c2ccccc2-c2c(N(c3ccc(-c4ccc(-c5ccccc5)cc4)cc3)c3cccc4c3-c3ccccc3C4(c3ccccc3)c3ccccc3)cc3ccccc3c21. The highest BCUT2D eigenvalue weighted by Gasteiger charge is 2.48. The van der Waals surface area contributed by atoms with Gasteiger partial charge >= 0.3 is 0 Å². The summed E-state index contributed by atoms with van der Waals surface area (Å²) < 4.78 is 0. The summed E-state index contributed by atoms with van der Waals surface area (Å²) in [4.78, 5) is 2.58. The smallest absolute Gasteiger partial charge is 0.0714 e. The van der Waals surface area contributed by atoms with E-state index >= 15 is 0 Å². The molecule has 0 aliphatic heterocycles. The van der Waals surface area contributed by atoms with Crippen molar-refractivity contribution in [1.29, 1.82) is 0 Å². The van der Waals surface area contributed by atoms with Crippen molar-refractivity contribution < 1.29 is 0 Å². The van der Waals surface area contributed by atoms with E-state index in [-0.39, 0.29) is 5.41 Å². The average molecular weight is 804 g/mol. The van der Waals surface area contributed by atoms with E-state index in [0.717, 1.165) is 11.4 Å². The Bertz CT molecular complexity index is 3290.